The van der Waals surface area contributed by atoms with Crippen molar-refractivity contribution in [2.24, 2.45) is 0 Å². The summed E-state index contributed by atoms with van der Waals surface area (Å²) in [4.78, 5) is 30.8. The lowest BCUT2D eigenvalue weighted by Gasteiger charge is -2.12. The highest BCUT2D eigenvalue weighted by Gasteiger charge is 2.25. The van der Waals surface area contributed by atoms with Crippen LogP contribution in [0.15, 0.2) is 80.5 Å². The molecule has 1 aromatic heterocycles. The Morgan fingerprint density at radius 2 is 1.63 bits per heavy atom. The van der Waals surface area contributed by atoms with E-state index in [4.69, 9.17) is 4.98 Å². The summed E-state index contributed by atoms with van der Waals surface area (Å²) in [5.41, 5.74) is 2.99. The molecule has 1 aliphatic rings. The molecule has 30 heavy (non-hydrogen) atoms. The third kappa shape index (κ3) is 3.20. The number of para-hydroxylation sites is 1. The van der Waals surface area contributed by atoms with Crippen LogP contribution in [0.25, 0.3) is 28.2 Å². The molecular weight excluding hydrogens is 510 g/mol. The van der Waals surface area contributed by atoms with Crippen LogP contribution in [-0.4, -0.2) is 15.5 Å². The number of anilines is 1. The van der Waals surface area contributed by atoms with Crippen LogP contribution in [0.5, 0.6) is 0 Å². The molecule has 5 nitrogen and oxygen atoms in total. The van der Waals surface area contributed by atoms with Gasteiger partial charge in [-0.15, -0.1) is 0 Å². The minimum atomic E-state index is -0.229. The lowest BCUT2D eigenvalue weighted by atomic mass is 10.1. The monoisotopic (exact) mass is 521 g/mol. The molecule has 1 aliphatic heterocycles. The maximum absolute atomic E-state index is 13.4. The van der Waals surface area contributed by atoms with E-state index in [0.29, 0.717) is 28.0 Å². The molecule has 4 aromatic rings. The second-order valence-electron chi connectivity index (χ2n) is 6.81. The van der Waals surface area contributed by atoms with Gasteiger partial charge in [0.2, 0.25) is 0 Å². The molecular formula is C23H13Br2N3O2. The average Bonchev–Trinajstić information content (AvgIpc) is 3.04. The summed E-state index contributed by atoms with van der Waals surface area (Å²) in [7, 11) is 0. The lowest BCUT2D eigenvalue weighted by molar-refractivity contribution is -0.110. The third-order valence-corrected chi connectivity index (χ3v) is 5.90. The molecule has 1 N–H and O–H groups in total. The van der Waals surface area contributed by atoms with E-state index in [1.165, 1.54) is 4.57 Å². The summed E-state index contributed by atoms with van der Waals surface area (Å²) in [6.07, 6.45) is 1.67. The summed E-state index contributed by atoms with van der Waals surface area (Å²) in [5, 5.41) is 3.36. The molecule has 0 saturated carbocycles. The highest BCUT2D eigenvalue weighted by Crippen LogP contribution is 2.35. The van der Waals surface area contributed by atoms with Crippen molar-refractivity contribution < 1.29 is 4.79 Å². The molecule has 2 heterocycles. The van der Waals surface area contributed by atoms with Gasteiger partial charge >= 0.3 is 0 Å². The summed E-state index contributed by atoms with van der Waals surface area (Å²) in [6, 6.07) is 20.3. The zero-order valence-electron chi connectivity index (χ0n) is 15.4. The molecule has 5 rings (SSSR count). The molecule has 0 bridgehead atoms. The van der Waals surface area contributed by atoms with Crippen molar-refractivity contribution in [3.8, 4) is 5.69 Å². The quantitative estimate of drug-likeness (QED) is 0.358. The number of amides is 1. The van der Waals surface area contributed by atoms with Crippen molar-refractivity contribution in [2.45, 2.75) is 0 Å². The van der Waals surface area contributed by atoms with Crippen LogP contribution >= 0.6 is 31.9 Å². The number of halogens is 2. The topological polar surface area (TPSA) is 64.0 Å². The smallest absolute Gasteiger partial charge is 0.266 e. The van der Waals surface area contributed by atoms with Gasteiger partial charge < -0.3 is 5.32 Å². The van der Waals surface area contributed by atoms with E-state index < -0.39 is 0 Å². The van der Waals surface area contributed by atoms with Crippen LogP contribution in [0.3, 0.4) is 0 Å². The third-order valence-electron chi connectivity index (χ3n) is 4.91. The van der Waals surface area contributed by atoms with Crippen LogP contribution in [-0.2, 0) is 4.79 Å². The van der Waals surface area contributed by atoms with E-state index in [1.807, 2.05) is 54.6 Å². The first-order valence-electron chi connectivity index (χ1n) is 9.12. The Labute approximate surface area is 188 Å². The van der Waals surface area contributed by atoms with E-state index in [1.54, 1.807) is 18.2 Å². The van der Waals surface area contributed by atoms with Crippen LogP contribution in [0.1, 0.15) is 11.4 Å². The maximum atomic E-state index is 13.4. The van der Waals surface area contributed by atoms with Gasteiger partial charge in [-0.05, 0) is 54.6 Å². The first kappa shape index (κ1) is 19.0. The minimum absolute atomic E-state index is 0.202. The van der Waals surface area contributed by atoms with Gasteiger partial charge in [-0.3, -0.25) is 14.2 Å². The molecule has 0 saturated heterocycles. The summed E-state index contributed by atoms with van der Waals surface area (Å²) >= 11 is 6.88. The highest BCUT2D eigenvalue weighted by atomic mass is 79.9. The Kier molecular flexibility index (Phi) is 4.64. The van der Waals surface area contributed by atoms with Gasteiger partial charge in [0.05, 0.1) is 22.2 Å². The number of carbonyl (C=O) groups excluding carboxylic acids is 1. The number of carbonyl (C=O) groups is 1. The van der Waals surface area contributed by atoms with Gasteiger partial charge in [-0.2, -0.15) is 0 Å². The first-order chi connectivity index (χ1) is 14.5. The van der Waals surface area contributed by atoms with Gasteiger partial charge in [-0.1, -0.05) is 50.1 Å². The lowest BCUT2D eigenvalue weighted by Crippen LogP contribution is -2.22. The van der Waals surface area contributed by atoms with E-state index in [-0.39, 0.29) is 11.5 Å². The van der Waals surface area contributed by atoms with Gasteiger partial charge in [0.15, 0.2) is 0 Å². The van der Waals surface area contributed by atoms with Crippen molar-refractivity contribution >= 4 is 66.0 Å². The molecule has 0 atom stereocenters. The second-order valence-corrected chi connectivity index (χ2v) is 8.64. The van der Waals surface area contributed by atoms with E-state index in [9.17, 15) is 9.59 Å². The van der Waals surface area contributed by atoms with Crippen LogP contribution in [0.4, 0.5) is 5.69 Å². The fourth-order valence-electron chi connectivity index (χ4n) is 3.53. The number of fused-ring (bicyclic) bond motifs is 2. The number of hydrogen-bond donors (Lipinski definition) is 1. The van der Waals surface area contributed by atoms with Gasteiger partial charge in [0.1, 0.15) is 5.82 Å². The standard InChI is InChI=1S/C23H13Br2N3O2/c24-13-6-8-19-16(10-13)17(22(29)27-19)12-21-26-20-9-7-14(25)11-18(20)23(30)28(21)15-4-2-1-3-5-15/h1-12H,(H,27,29)/b17-12-. The molecule has 0 fully saturated rings. The molecule has 7 heteroatoms. The number of rotatable bonds is 2. The molecule has 0 spiro atoms. The van der Waals surface area contributed by atoms with Crippen LogP contribution in [0.2, 0.25) is 0 Å². The van der Waals surface area contributed by atoms with E-state index in [2.05, 4.69) is 37.2 Å². The van der Waals surface area contributed by atoms with Crippen molar-refractivity contribution in [1.82, 2.24) is 9.55 Å². The fraction of sp³-hybridized carbons (Fsp3) is 0. The van der Waals surface area contributed by atoms with Gasteiger partial charge in [0, 0.05) is 20.2 Å². The highest BCUT2D eigenvalue weighted by molar-refractivity contribution is 9.10. The summed E-state index contributed by atoms with van der Waals surface area (Å²) in [6.45, 7) is 0. The number of hydrogen-bond acceptors (Lipinski definition) is 3. The predicted octanol–water partition coefficient (Wildman–Crippen LogP) is 5.40. The molecule has 0 radical (unpaired) electrons. The normalized spacial score (nSPS) is 14.2. The number of nitrogens with one attached hydrogen (secondary N) is 1. The predicted molar refractivity (Wildman–Crippen MR) is 126 cm³/mol. The first-order valence-corrected chi connectivity index (χ1v) is 10.7. The summed E-state index contributed by atoms with van der Waals surface area (Å²) in [5.74, 6) is 0.159. The number of aromatic nitrogens is 2. The van der Waals surface area contributed by atoms with Crippen molar-refractivity contribution in [3.05, 3.63) is 97.4 Å². The fourth-order valence-corrected chi connectivity index (χ4v) is 4.25. The zero-order valence-corrected chi connectivity index (χ0v) is 18.6. The Bertz CT molecular complexity index is 1430. The van der Waals surface area contributed by atoms with Crippen molar-refractivity contribution in [2.75, 3.05) is 5.32 Å². The van der Waals surface area contributed by atoms with Crippen molar-refractivity contribution in [3.63, 3.8) is 0 Å². The largest absolute Gasteiger partial charge is 0.321 e. The molecule has 0 unspecified atom stereocenters. The Morgan fingerprint density at radius 1 is 0.900 bits per heavy atom. The molecule has 3 aromatic carbocycles. The molecule has 146 valence electrons. The van der Waals surface area contributed by atoms with E-state index in [0.717, 1.165) is 20.2 Å². The minimum Gasteiger partial charge on any atom is -0.321 e. The van der Waals surface area contributed by atoms with E-state index >= 15 is 0 Å². The number of benzene rings is 3. The van der Waals surface area contributed by atoms with Crippen LogP contribution in [0, 0.1) is 0 Å². The summed E-state index contributed by atoms with van der Waals surface area (Å²) < 4.78 is 3.19. The Balaban J connectivity index is 1.83. The second kappa shape index (κ2) is 7.34. The number of nitrogens with zero attached hydrogens (tertiary/aromatic N) is 2. The maximum Gasteiger partial charge on any atom is 0.266 e. The SMILES string of the molecule is O=C1Nc2ccc(Br)cc2/C1=C/c1nc2ccc(Br)cc2c(=O)n1-c1ccccc1. The van der Waals surface area contributed by atoms with Gasteiger partial charge in [-0.25, -0.2) is 4.98 Å². The Hall–Kier alpha value is -3.03. The van der Waals surface area contributed by atoms with Crippen molar-refractivity contribution in [1.29, 1.82) is 0 Å². The average molecular weight is 523 g/mol. The molecule has 1 amide bonds. The zero-order chi connectivity index (χ0) is 20.8. The van der Waals surface area contributed by atoms with Gasteiger partial charge in [0.25, 0.3) is 11.5 Å². The Morgan fingerprint density at radius 3 is 2.43 bits per heavy atom. The molecule has 0 aliphatic carbocycles. The van der Waals surface area contributed by atoms with Crippen LogP contribution < -0.4 is 10.9 Å².